The molecule has 2 heterocycles. The molecule has 0 aromatic rings. The number of carbonyl (C=O) groups excluding carboxylic acids is 1. The molecule has 0 bridgehead atoms. The highest BCUT2D eigenvalue weighted by molar-refractivity contribution is 8.00. The zero-order valence-electron chi connectivity index (χ0n) is 11.9. The third kappa shape index (κ3) is 5.53. The molecular weight excluding hydrogens is 314 g/mol. The molecule has 0 aliphatic carbocycles. The number of nitrogens with one attached hydrogen (secondary N) is 3. The third-order valence-electron chi connectivity index (χ3n) is 3.29. The summed E-state index contributed by atoms with van der Waals surface area (Å²) in [6, 6.07) is 0.256. The van der Waals surface area contributed by atoms with Gasteiger partial charge in [0.15, 0.2) is 0 Å². The molecule has 10 heteroatoms. The summed E-state index contributed by atoms with van der Waals surface area (Å²) in [5, 5.41) is 29.4. The fourth-order valence-electron chi connectivity index (χ4n) is 2.23. The molecule has 2 saturated heterocycles. The molecule has 7 N–H and O–H groups in total. The van der Waals surface area contributed by atoms with E-state index < -0.39 is 11.9 Å². The van der Waals surface area contributed by atoms with Crippen LogP contribution in [0.25, 0.3) is 0 Å². The maximum Gasteiger partial charge on any atom is 0.349 e. The molecule has 2 rings (SSSR count). The summed E-state index contributed by atoms with van der Waals surface area (Å²) in [6.45, 7) is -0.278. The van der Waals surface area contributed by atoms with Crippen LogP contribution in [0.4, 0.5) is 4.79 Å². The molecule has 124 valence electrons. The van der Waals surface area contributed by atoms with Crippen molar-refractivity contribution in [3.8, 4) is 0 Å². The van der Waals surface area contributed by atoms with Gasteiger partial charge in [0, 0.05) is 11.0 Å². The van der Waals surface area contributed by atoms with E-state index in [1.807, 2.05) is 0 Å². The minimum atomic E-state index is -1.14. The molecule has 9 nitrogen and oxygen atoms in total. The monoisotopic (exact) mass is 334 g/mol. The van der Waals surface area contributed by atoms with Crippen LogP contribution in [-0.2, 0) is 9.59 Å². The fourth-order valence-corrected chi connectivity index (χ4v) is 3.77. The van der Waals surface area contributed by atoms with E-state index in [1.165, 1.54) is 0 Å². The Labute approximate surface area is 131 Å². The van der Waals surface area contributed by atoms with Gasteiger partial charge in [0.05, 0.1) is 18.6 Å². The standard InChI is InChI=1S/C10H15N3O3S.C2H5NO2/c11-5(9(14)15)2-1-3-7-8-6(4-17-7)12-10(16)13-8;3-1-2(4)5/h6-8,11H,1-4H2,(H,14,15)(H2,12,13,16);1,3H2,(H,4,5)/t6-,7-,8-;/m0./s1/i9+2;. The van der Waals surface area contributed by atoms with E-state index in [0.717, 1.165) is 12.2 Å². The molecule has 0 saturated carbocycles. The van der Waals surface area contributed by atoms with Crippen LogP contribution < -0.4 is 16.4 Å². The van der Waals surface area contributed by atoms with Crippen LogP contribution in [0.2, 0.25) is 0 Å². The Morgan fingerprint density at radius 2 is 2.14 bits per heavy atom. The molecule has 0 spiro atoms. The first-order chi connectivity index (χ1) is 10.3. The molecule has 0 aromatic heterocycles. The summed E-state index contributed by atoms with van der Waals surface area (Å²) in [4.78, 5) is 30.8. The molecule has 3 atom stereocenters. The van der Waals surface area contributed by atoms with E-state index in [0.29, 0.717) is 18.1 Å². The van der Waals surface area contributed by atoms with Gasteiger partial charge < -0.3 is 26.6 Å². The van der Waals surface area contributed by atoms with Gasteiger partial charge in [0.25, 0.3) is 0 Å². The Kier molecular flexibility index (Phi) is 7.12. The minimum Gasteiger partial charge on any atom is -0.480 e. The summed E-state index contributed by atoms with van der Waals surface area (Å²) in [5.74, 6) is -1.20. The molecule has 2 aliphatic rings. The highest BCUT2D eigenvalue weighted by Crippen LogP contribution is 2.32. The van der Waals surface area contributed by atoms with Crippen molar-refractivity contribution in [3.05, 3.63) is 0 Å². The van der Waals surface area contributed by atoms with Crippen molar-refractivity contribution in [2.45, 2.75) is 36.6 Å². The second-order valence-corrected chi connectivity index (χ2v) is 6.17. The average molecular weight is 334 g/mol. The first-order valence-corrected chi connectivity index (χ1v) is 7.81. The summed E-state index contributed by atoms with van der Waals surface area (Å²) >= 11 is 1.80. The molecular formula is C12H20N4O5S. The van der Waals surface area contributed by atoms with Crippen molar-refractivity contribution in [2.24, 2.45) is 5.73 Å². The Hall–Kier alpha value is -1.81. The van der Waals surface area contributed by atoms with Gasteiger partial charge >= 0.3 is 18.0 Å². The number of carbonyl (C=O) groups is 3. The number of rotatable bonds is 6. The highest BCUT2D eigenvalue weighted by atomic mass is 32.2. The van der Waals surface area contributed by atoms with Crippen molar-refractivity contribution in [3.63, 3.8) is 0 Å². The number of urea groups is 1. The van der Waals surface area contributed by atoms with E-state index in [1.54, 1.807) is 11.8 Å². The number of hydrogen-bond donors (Lipinski definition) is 6. The number of amides is 2. The summed E-state index contributed by atoms with van der Waals surface area (Å²) in [5.41, 5.74) is 4.33. The largest absolute Gasteiger partial charge is 0.480 e. The van der Waals surface area contributed by atoms with Gasteiger partial charge in [-0.1, -0.05) is 0 Å². The fraction of sp³-hybridized carbons (Fsp3) is 0.667. The Morgan fingerprint density at radius 3 is 2.68 bits per heavy atom. The second-order valence-electron chi connectivity index (χ2n) is 4.90. The quantitative estimate of drug-likeness (QED) is 0.280. The average Bonchev–Trinajstić information content (AvgIpc) is 2.99. The maximum absolute atomic E-state index is 11.1. The normalized spacial score (nSPS) is 25.3. The molecule has 2 fully saturated rings. The van der Waals surface area contributed by atoms with Crippen molar-refractivity contribution in [2.75, 3.05) is 12.3 Å². The van der Waals surface area contributed by atoms with Crippen molar-refractivity contribution in [1.82, 2.24) is 10.6 Å². The van der Waals surface area contributed by atoms with Gasteiger partial charge in [-0.2, -0.15) is 11.8 Å². The smallest absolute Gasteiger partial charge is 0.349 e. The number of fused-ring (bicyclic) bond motifs is 1. The van der Waals surface area contributed by atoms with Crippen LogP contribution in [0.5, 0.6) is 0 Å². The maximum atomic E-state index is 11.1. The zero-order chi connectivity index (χ0) is 16.7. The first kappa shape index (κ1) is 18.2. The van der Waals surface area contributed by atoms with E-state index in [2.05, 4.69) is 16.4 Å². The number of hydrogen-bond acceptors (Lipinski definition) is 6. The van der Waals surface area contributed by atoms with Gasteiger partial charge in [-0.05, 0) is 19.3 Å². The lowest BCUT2D eigenvalue weighted by Gasteiger charge is -2.16. The van der Waals surface area contributed by atoms with Crippen molar-refractivity contribution < 1.29 is 24.6 Å². The molecule has 0 unspecified atom stereocenters. The van der Waals surface area contributed by atoms with Gasteiger partial charge in [-0.3, -0.25) is 10.2 Å². The second kappa shape index (κ2) is 8.59. The molecule has 22 heavy (non-hydrogen) atoms. The third-order valence-corrected chi connectivity index (χ3v) is 4.79. The van der Waals surface area contributed by atoms with Crippen LogP contribution >= 0.6 is 11.8 Å². The van der Waals surface area contributed by atoms with Crippen molar-refractivity contribution in [1.29, 1.82) is 5.41 Å². The van der Waals surface area contributed by atoms with Crippen LogP contribution in [0, 0.1) is 5.41 Å². The number of carboxylic acid groups (broad SMARTS) is 2. The number of nitrogens with two attached hydrogens (primary N) is 1. The SMILES string of the molecule is N=C(CCC[C@@H]1SC[C@@H]2NC(=O)N[C@@H]21)[14C](=O)O.NCC(=O)O. The zero-order valence-corrected chi connectivity index (χ0v) is 12.7. The van der Waals surface area contributed by atoms with Gasteiger partial charge in [0.2, 0.25) is 0 Å². The minimum absolute atomic E-state index is 0.108. The lowest BCUT2D eigenvalue weighted by atomic mass is 10.0. The topological polar surface area (TPSA) is 166 Å². The predicted molar refractivity (Wildman–Crippen MR) is 81.4 cm³/mol. The Morgan fingerprint density at radius 1 is 1.50 bits per heavy atom. The van der Waals surface area contributed by atoms with Crippen LogP contribution in [-0.4, -0.2) is 63.5 Å². The van der Waals surface area contributed by atoms with Crippen LogP contribution in [0.15, 0.2) is 0 Å². The van der Waals surface area contributed by atoms with Crippen molar-refractivity contribution >= 4 is 35.4 Å². The lowest BCUT2D eigenvalue weighted by Crippen LogP contribution is -2.36. The summed E-state index contributed by atoms with van der Waals surface area (Å²) in [6.07, 6.45) is 1.82. The lowest BCUT2D eigenvalue weighted by molar-refractivity contribution is -0.135. The molecule has 0 aromatic carbocycles. The number of aliphatic carboxylic acids is 2. The number of thioether (sulfide) groups is 1. The van der Waals surface area contributed by atoms with E-state index in [4.69, 9.17) is 15.6 Å². The van der Waals surface area contributed by atoms with Gasteiger partial charge in [-0.15, -0.1) is 0 Å². The van der Waals surface area contributed by atoms with Gasteiger partial charge in [-0.25, -0.2) is 9.59 Å². The van der Waals surface area contributed by atoms with E-state index >= 15 is 0 Å². The summed E-state index contributed by atoms with van der Waals surface area (Å²) in [7, 11) is 0. The molecule has 0 radical (unpaired) electrons. The Balaban J connectivity index is 0.000000422. The first-order valence-electron chi connectivity index (χ1n) is 6.76. The highest BCUT2D eigenvalue weighted by Gasteiger charge is 2.42. The van der Waals surface area contributed by atoms with E-state index in [9.17, 15) is 14.4 Å². The van der Waals surface area contributed by atoms with Crippen LogP contribution in [0.3, 0.4) is 0 Å². The summed E-state index contributed by atoms with van der Waals surface area (Å²) < 4.78 is 0. The number of carboxylic acids is 2. The van der Waals surface area contributed by atoms with Crippen LogP contribution in [0.1, 0.15) is 19.3 Å². The Bertz CT molecular complexity index is 459. The van der Waals surface area contributed by atoms with Gasteiger partial charge in [0.1, 0.15) is 5.71 Å². The molecule has 2 aliphatic heterocycles. The predicted octanol–water partition coefficient (Wildman–Crippen LogP) is -0.544. The van der Waals surface area contributed by atoms with E-state index in [-0.39, 0.29) is 30.4 Å². The molecule has 2 amide bonds.